The first kappa shape index (κ1) is 15.4. The number of ketones is 1. The van der Waals surface area contributed by atoms with Gasteiger partial charge in [-0.05, 0) is 13.8 Å². The number of fused-ring (bicyclic) bond motifs is 1. The second-order valence-corrected chi connectivity index (χ2v) is 5.42. The number of esters is 1. The van der Waals surface area contributed by atoms with E-state index in [0.29, 0.717) is 0 Å². The first-order valence-electron chi connectivity index (χ1n) is 6.60. The zero-order chi connectivity index (χ0) is 15.8. The number of rotatable bonds is 3. The molecule has 2 unspecified atom stereocenters. The monoisotopic (exact) mass is 290 g/mol. The molecule has 5 nitrogen and oxygen atoms in total. The summed E-state index contributed by atoms with van der Waals surface area (Å²) >= 11 is 0. The van der Waals surface area contributed by atoms with Crippen LogP contribution in [-0.2, 0) is 15.1 Å². The van der Waals surface area contributed by atoms with Crippen LogP contribution in [0.2, 0.25) is 0 Å². The third kappa shape index (κ3) is 2.01. The second-order valence-electron chi connectivity index (χ2n) is 5.42. The number of allylic oxidation sites excluding steroid dienone is 1. The van der Waals surface area contributed by atoms with Crippen molar-refractivity contribution in [3.05, 3.63) is 47.0 Å². The van der Waals surface area contributed by atoms with Crippen LogP contribution >= 0.6 is 0 Å². The molecule has 0 fully saturated rings. The molecule has 0 saturated carbocycles. The summed E-state index contributed by atoms with van der Waals surface area (Å²) in [7, 11) is 1.10. The lowest BCUT2D eigenvalue weighted by molar-refractivity contribution is -0.186. The van der Waals surface area contributed by atoms with Gasteiger partial charge in [-0.1, -0.05) is 35.9 Å². The number of methoxy groups -OCH3 is 1. The van der Waals surface area contributed by atoms with E-state index in [4.69, 9.17) is 0 Å². The third-order valence-corrected chi connectivity index (χ3v) is 3.82. The van der Waals surface area contributed by atoms with E-state index in [1.165, 1.54) is 12.1 Å². The maximum absolute atomic E-state index is 12.5. The summed E-state index contributed by atoms with van der Waals surface area (Å²) in [5, 5.41) is 21.6. The Kier molecular flexibility index (Phi) is 3.74. The zero-order valence-electron chi connectivity index (χ0n) is 12.2. The first-order valence-corrected chi connectivity index (χ1v) is 6.60. The molecule has 0 amide bonds. The van der Waals surface area contributed by atoms with E-state index in [0.717, 1.165) is 12.7 Å². The van der Waals surface area contributed by atoms with Gasteiger partial charge in [-0.3, -0.25) is 4.79 Å². The van der Waals surface area contributed by atoms with Crippen LogP contribution in [0.4, 0.5) is 0 Å². The Morgan fingerprint density at radius 3 is 2.48 bits per heavy atom. The molecule has 21 heavy (non-hydrogen) atoms. The fourth-order valence-corrected chi connectivity index (χ4v) is 2.63. The highest BCUT2D eigenvalue weighted by Gasteiger charge is 2.66. The largest absolute Gasteiger partial charge is 0.467 e. The predicted octanol–water partition coefficient (Wildman–Crippen LogP) is 1.33. The first-order chi connectivity index (χ1) is 9.79. The van der Waals surface area contributed by atoms with E-state index < -0.39 is 23.0 Å². The van der Waals surface area contributed by atoms with Gasteiger partial charge in [-0.15, -0.1) is 0 Å². The molecule has 0 spiro atoms. The Balaban J connectivity index is 2.68. The quantitative estimate of drug-likeness (QED) is 0.648. The minimum Gasteiger partial charge on any atom is -0.467 e. The highest BCUT2D eigenvalue weighted by molar-refractivity contribution is 6.13. The van der Waals surface area contributed by atoms with E-state index in [9.17, 15) is 19.8 Å². The molecule has 2 N–H and O–H groups in total. The highest BCUT2D eigenvalue weighted by Crippen LogP contribution is 2.47. The minimum atomic E-state index is -2.40. The van der Waals surface area contributed by atoms with Gasteiger partial charge in [-0.2, -0.15) is 0 Å². The zero-order valence-corrected chi connectivity index (χ0v) is 12.2. The van der Waals surface area contributed by atoms with Crippen molar-refractivity contribution in [2.45, 2.75) is 31.5 Å². The van der Waals surface area contributed by atoms with E-state index in [-0.39, 0.29) is 17.5 Å². The Hall–Kier alpha value is -1.98. The summed E-state index contributed by atoms with van der Waals surface area (Å²) in [6, 6.07) is 6.13. The molecule has 2 atom stereocenters. The van der Waals surface area contributed by atoms with Crippen LogP contribution in [0, 0.1) is 0 Å². The van der Waals surface area contributed by atoms with Crippen molar-refractivity contribution >= 4 is 11.8 Å². The van der Waals surface area contributed by atoms with Crippen molar-refractivity contribution in [2.75, 3.05) is 7.11 Å². The van der Waals surface area contributed by atoms with E-state index in [1.54, 1.807) is 32.1 Å². The van der Waals surface area contributed by atoms with Gasteiger partial charge >= 0.3 is 5.97 Å². The number of benzene rings is 1. The topological polar surface area (TPSA) is 83.8 Å². The molecule has 5 heteroatoms. The lowest BCUT2D eigenvalue weighted by Gasteiger charge is -2.34. The highest BCUT2D eigenvalue weighted by atomic mass is 16.5. The van der Waals surface area contributed by atoms with Gasteiger partial charge in [0, 0.05) is 17.5 Å². The molecule has 0 heterocycles. The number of hydrogen-bond acceptors (Lipinski definition) is 5. The van der Waals surface area contributed by atoms with Crippen molar-refractivity contribution in [3.8, 4) is 0 Å². The minimum absolute atomic E-state index is 0.0755. The van der Waals surface area contributed by atoms with Crippen LogP contribution in [0.25, 0.3) is 0 Å². The molecular formula is C16H18O5. The van der Waals surface area contributed by atoms with Gasteiger partial charge in [0.2, 0.25) is 5.60 Å². The van der Waals surface area contributed by atoms with E-state index >= 15 is 0 Å². The van der Waals surface area contributed by atoms with Crippen molar-refractivity contribution in [3.63, 3.8) is 0 Å². The average molecular weight is 290 g/mol. The lowest BCUT2D eigenvalue weighted by atomic mass is 9.79. The number of aliphatic hydroxyl groups is 2. The molecule has 1 aromatic carbocycles. The predicted molar refractivity (Wildman–Crippen MR) is 75.7 cm³/mol. The molecule has 0 bridgehead atoms. The Morgan fingerprint density at radius 1 is 1.29 bits per heavy atom. The molecule has 1 aliphatic carbocycles. The maximum atomic E-state index is 12.5. The lowest BCUT2D eigenvalue weighted by Crippen LogP contribution is -2.57. The smallest absolute Gasteiger partial charge is 0.346 e. The third-order valence-electron chi connectivity index (χ3n) is 3.82. The molecular weight excluding hydrogens is 272 g/mol. The Bertz CT molecular complexity index is 629. The van der Waals surface area contributed by atoms with Gasteiger partial charge < -0.3 is 14.9 Å². The van der Waals surface area contributed by atoms with Gasteiger partial charge in [0.15, 0.2) is 11.4 Å². The van der Waals surface area contributed by atoms with Crippen molar-refractivity contribution in [2.24, 2.45) is 0 Å². The molecule has 1 aromatic rings. The Labute approximate surface area is 122 Å². The standard InChI is InChI=1S/C16H18O5/c1-10(2)8-9-15(19)13(17)11-6-4-5-7-12(11)16(15,20)14(18)21-3/h4-8,19-20H,9H2,1-3H3. The van der Waals surface area contributed by atoms with Gasteiger partial charge in [0.05, 0.1) is 7.11 Å². The summed E-state index contributed by atoms with van der Waals surface area (Å²) < 4.78 is 4.62. The van der Waals surface area contributed by atoms with E-state index in [2.05, 4.69) is 4.74 Å². The SMILES string of the molecule is COC(=O)C1(O)c2ccccc2C(=O)C1(O)CC=C(C)C. The van der Waals surface area contributed by atoms with Crippen molar-refractivity contribution in [1.29, 1.82) is 0 Å². The fourth-order valence-electron chi connectivity index (χ4n) is 2.63. The van der Waals surface area contributed by atoms with Crippen LogP contribution in [0.5, 0.6) is 0 Å². The molecule has 1 aliphatic rings. The summed E-state index contributed by atoms with van der Waals surface area (Å²) in [5.41, 5.74) is -3.59. The van der Waals surface area contributed by atoms with Gasteiger partial charge in [0.25, 0.3) is 0 Å². The molecule has 0 aromatic heterocycles. The number of hydrogen-bond donors (Lipinski definition) is 2. The normalized spacial score (nSPS) is 27.2. The maximum Gasteiger partial charge on any atom is 0.346 e. The van der Waals surface area contributed by atoms with Gasteiger partial charge in [0.1, 0.15) is 0 Å². The molecule has 0 radical (unpaired) electrons. The molecule has 0 aliphatic heterocycles. The van der Waals surface area contributed by atoms with E-state index in [1.807, 2.05) is 0 Å². The average Bonchev–Trinajstić information content (AvgIpc) is 2.65. The van der Waals surface area contributed by atoms with Crippen LogP contribution in [0.3, 0.4) is 0 Å². The summed E-state index contributed by atoms with van der Waals surface area (Å²) in [4.78, 5) is 24.6. The van der Waals surface area contributed by atoms with Crippen molar-refractivity contribution < 1.29 is 24.5 Å². The van der Waals surface area contributed by atoms with Crippen molar-refractivity contribution in [1.82, 2.24) is 0 Å². The second kappa shape index (κ2) is 5.09. The summed E-state index contributed by atoms with van der Waals surface area (Å²) in [6.45, 7) is 3.60. The van der Waals surface area contributed by atoms with Crippen LogP contribution < -0.4 is 0 Å². The number of carbonyl (C=O) groups excluding carboxylic acids is 2. The molecule has 0 saturated heterocycles. The fraction of sp³-hybridized carbons (Fsp3) is 0.375. The molecule has 2 rings (SSSR count). The van der Waals surface area contributed by atoms with Crippen LogP contribution in [-0.4, -0.2) is 34.7 Å². The summed E-state index contributed by atoms with van der Waals surface area (Å²) in [6.07, 6.45) is 1.44. The Morgan fingerprint density at radius 2 is 1.90 bits per heavy atom. The van der Waals surface area contributed by atoms with Crippen LogP contribution in [0.1, 0.15) is 36.2 Å². The number of carbonyl (C=O) groups is 2. The molecule has 112 valence electrons. The number of ether oxygens (including phenoxy) is 1. The van der Waals surface area contributed by atoms with Crippen LogP contribution in [0.15, 0.2) is 35.9 Å². The van der Waals surface area contributed by atoms with Gasteiger partial charge in [-0.25, -0.2) is 4.79 Å². The summed E-state index contributed by atoms with van der Waals surface area (Å²) in [5.74, 6) is -1.73. The number of Topliss-reactive ketones (excluding diaryl/α,β-unsaturated/α-hetero) is 1.